The molecule has 0 aliphatic heterocycles. The molecule has 0 saturated carbocycles. The molecule has 1 heterocycles. The Labute approximate surface area is 113 Å². The zero-order valence-corrected chi connectivity index (χ0v) is 11.4. The molecule has 0 radical (unpaired) electrons. The maximum absolute atomic E-state index is 5.23. The van der Waals surface area contributed by atoms with E-state index in [1.807, 2.05) is 23.0 Å². The highest BCUT2D eigenvalue weighted by Crippen LogP contribution is 2.18. The first-order valence-electron chi connectivity index (χ1n) is 6.51. The van der Waals surface area contributed by atoms with Gasteiger partial charge in [-0.1, -0.05) is 17.3 Å². The van der Waals surface area contributed by atoms with Crippen LogP contribution >= 0.6 is 0 Å². The average molecular weight is 260 g/mol. The predicted octanol–water partition coefficient (Wildman–Crippen LogP) is 2.03. The molecule has 1 N–H and O–H groups in total. The lowest BCUT2D eigenvalue weighted by atomic mass is 10.1. The third kappa shape index (κ3) is 4.06. The minimum Gasteiger partial charge on any atom is -0.497 e. The first-order valence-corrected chi connectivity index (χ1v) is 6.51. The molecule has 0 saturated heterocycles. The fraction of sp³-hybridized carbons (Fsp3) is 0.429. The average Bonchev–Trinajstić information content (AvgIpc) is 2.96. The lowest BCUT2D eigenvalue weighted by Gasteiger charge is -2.15. The largest absolute Gasteiger partial charge is 0.497 e. The standard InChI is InChI=1S/C14H20N4O/c1-12(13-5-3-6-14(11-13)19-2)15-7-4-9-18-10-8-16-17-18/h3,5-6,8,10-12,15H,4,7,9H2,1-2H3. The van der Waals surface area contributed by atoms with Gasteiger partial charge in [-0.3, -0.25) is 4.68 Å². The van der Waals surface area contributed by atoms with Crippen LogP contribution in [0.15, 0.2) is 36.7 Å². The summed E-state index contributed by atoms with van der Waals surface area (Å²) in [7, 11) is 1.69. The molecule has 19 heavy (non-hydrogen) atoms. The third-order valence-corrected chi connectivity index (χ3v) is 3.08. The van der Waals surface area contributed by atoms with Crippen molar-refractivity contribution in [3.8, 4) is 5.75 Å². The molecule has 0 bridgehead atoms. The van der Waals surface area contributed by atoms with Crippen LogP contribution in [0.25, 0.3) is 0 Å². The molecule has 1 unspecified atom stereocenters. The van der Waals surface area contributed by atoms with Crippen molar-refractivity contribution < 1.29 is 4.74 Å². The molecule has 1 aromatic heterocycles. The Morgan fingerprint density at radius 1 is 1.42 bits per heavy atom. The molecule has 0 aliphatic rings. The van der Waals surface area contributed by atoms with Gasteiger partial charge in [-0.15, -0.1) is 5.10 Å². The molecular weight excluding hydrogens is 240 g/mol. The van der Waals surface area contributed by atoms with Crippen LogP contribution < -0.4 is 10.1 Å². The van der Waals surface area contributed by atoms with Crippen LogP contribution in [0.4, 0.5) is 0 Å². The van der Waals surface area contributed by atoms with Crippen LogP contribution in [0.2, 0.25) is 0 Å². The molecule has 0 fully saturated rings. The van der Waals surface area contributed by atoms with E-state index in [-0.39, 0.29) is 0 Å². The van der Waals surface area contributed by atoms with Crippen molar-refractivity contribution in [3.63, 3.8) is 0 Å². The Hall–Kier alpha value is -1.88. The van der Waals surface area contributed by atoms with Gasteiger partial charge in [0.2, 0.25) is 0 Å². The van der Waals surface area contributed by atoms with Crippen molar-refractivity contribution in [3.05, 3.63) is 42.2 Å². The molecule has 1 atom stereocenters. The second kappa shape index (κ2) is 6.89. The van der Waals surface area contributed by atoms with Crippen molar-refractivity contribution in [2.45, 2.75) is 25.9 Å². The van der Waals surface area contributed by atoms with Gasteiger partial charge in [0.1, 0.15) is 5.75 Å². The fourth-order valence-electron chi connectivity index (χ4n) is 1.94. The van der Waals surface area contributed by atoms with E-state index in [2.05, 4.69) is 34.7 Å². The highest BCUT2D eigenvalue weighted by atomic mass is 16.5. The van der Waals surface area contributed by atoms with Gasteiger partial charge < -0.3 is 10.1 Å². The van der Waals surface area contributed by atoms with Crippen molar-refractivity contribution in [1.82, 2.24) is 20.3 Å². The molecule has 1 aromatic carbocycles. The van der Waals surface area contributed by atoms with Crippen molar-refractivity contribution in [2.75, 3.05) is 13.7 Å². The molecule has 102 valence electrons. The zero-order chi connectivity index (χ0) is 13.5. The Kier molecular flexibility index (Phi) is 4.92. The lowest BCUT2D eigenvalue weighted by Crippen LogP contribution is -2.21. The molecular formula is C14H20N4O. The zero-order valence-electron chi connectivity index (χ0n) is 11.4. The van der Waals surface area contributed by atoms with E-state index in [0.717, 1.165) is 25.3 Å². The molecule has 0 aliphatic carbocycles. The van der Waals surface area contributed by atoms with E-state index >= 15 is 0 Å². The van der Waals surface area contributed by atoms with Crippen LogP contribution in [0.1, 0.15) is 24.9 Å². The number of methoxy groups -OCH3 is 1. The molecule has 0 amide bonds. The van der Waals surface area contributed by atoms with Crippen LogP contribution in [-0.4, -0.2) is 28.6 Å². The van der Waals surface area contributed by atoms with Crippen LogP contribution in [-0.2, 0) is 6.54 Å². The van der Waals surface area contributed by atoms with Gasteiger partial charge in [0.05, 0.1) is 13.3 Å². The van der Waals surface area contributed by atoms with Crippen molar-refractivity contribution in [1.29, 1.82) is 0 Å². The van der Waals surface area contributed by atoms with Crippen molar-refractivity contribution in [2.24, 2.45) is 0 Å². The number of hydrogen-bond acceptors (Lipinski definition) is 4. The van der Waals surface area contributed by atoms with Crippen molar-refractivity contribution >= 4 is 0 Å². The summed E-state index contributed by atoms with van der Waals surface area (Å²) in [6.07, 6.45) is 4.61. The summed E-state index contributed by atoms with van der Waals surface area (Å²) in [4.78, 5) is 0. The number of nitrogens with zero attached hydrogens (tertiary/aromatic N) is 3. The maximum atomic E-state index is 5.23. The summed E-state index contributed by atoms with van der Waals surface area (Å²) < 4.78 is 7.08. The highest BCUT2D eigenvalue weighted by molar-refractivity contribution is 5.30. The number of rotatable bonds is 7. The third-order valence-electron chi connectivity index (χ3n) is 3.08. The Morgan fingerprint density at radius 2 is 2.32 bits per heavy atom. The first kappa shape index (κ1) is 13.5. The van der Waals surface area contributed by atoms with Gasteiger partial charge in [-0.2, -0.15) is 0 Å². The SMILES string of the molecule is COc1cccc(C(C)NCCCn2ccnn2)c1. The van der Waals surface area contributed by atoms with Crippen LogP contribution in [0, 0.1) is 0 Å². The normalized spacial score (nSPS) is 12.3. The van der Waals surface area contributed by atoms with E-state index in [1.165, 1.54) is 5.56 Å². The van der Waals surface area contributed by atoms with E-state index in [0.29, 0.717) is 6.04 Å². The minimum atomic E-state index is 0.311. The van der Waals surface area contributed by atoms with Gasteiger partial charge in [-0.05, 0) is 37.6 Å². The summed E-state index contributed by atoms with van der Waals surface area (Å²) >= 11 is 0. The summed E-state index contributed by atoms with van der Waals surface area (Å²) in [5, 5.41) is 11.2. The lowest BCUT2D eigenvalue weighted by molar-refractivity contribution is 0.413. The van der Waals surface area contributed by atoms with Crippen LogP contribution in [0.3, 0.4) is 0 Å². The second-order valence-electron chi connectivity index (χ2n) is 4.47. The summed E-state index contributed by atoms with van der Waals surface area (Å²) in [6, 6.07) is 8.46. The summed E-state index contributed by atoms with van der Waals surface area (Å²) in [5.41, 5.74) is 1.24. The van der Waals surface area contributed by atoms with E-state index in [4.69, 9.17) is 4.74 Å². The summed E-state index contributed by atoms with van der Waals surface area (Å²) in [5.74, 6) is 0.897. The Balaban J connectivity index is 1.75. The van der Waals surface area contributed by atoms with Crippen LogP contribution in [0.5, 0.6) is 5.75 Å². The predicted molar refractivity (Wildman–Crippen MR) is 74.1 cm³/mol. The Morgan fingerprint density at radius 3 is 3.05 bits per heavy atom. The molecule has 5 heteroatoms. The minimum absolute atomic E-state index is 0.311. The van der Waals surface area contributed by atoms with E-state index in [1.54, 1.807) is 13.3 Å². The number of aryl methyl sites for hydroxylation is 1. The monoisotopic (exact) mass is 260 g/mol. The fourth-order valence-corrected chi connectivity index (χ4v) is 1.94. The van der Waals surface area contributed by atoms with Gasteiger partial charge >= 0.3 is 0 Å². The first-order chi connectivity index (χ1) is 9.29. The Bertz CT molecular complexity index is 484. The molecule has 2 rings (SSSR count). The summed E-state index contributed by atoms with van der Waals surface area (Å²) in [6.45, 7) is 3.99. The quantitative estimate of drug-likeness (QED) is 0.774. The van der Waals surface area contributed by atoms with Gasteiger partial charge in [0, 0.05) is 18.8 Å². The smallest absolute Gasteiger partial charge is 0.119 e. The second-order valence-corrected chi connectivity index (χ2v) is 4.47. The van der Waals surface area contributed by atoms with Gasteiger partial charge in [0.15, 0.2) is 0 Å². The van der Waals surface area contributed by atoms with Gasteiger partial charge in [0.25, 0.3) is 0 Å². The number of benzene rings is 1. The molecule has 0 spiro atoms. The molecule has 5 nitrogen and oxygen atoms in total. The van der Waals surface area contributed by atoms with Gasteiger partial charge in [-0.25, -0.2) is 0 Å². The number of hydrogen-bond donors (Lipinski definition) is 1. The number of ether oxygens (including phenoxy) is 1. The van der Waals surface area contributed by atoms with E-state index < -0.39 is 0 Å². The number of nitrogens with one attached hydrogen (secondary N) is 1. The highest BCUT2D eigenvalue weighted by Gasteiger charge is 2.05. The maximum Gasteiger partial charge on any atom is 0.119 e. The van der Waals surface area contributed by atoms with E-state index in [9.17, 15) is 0 Å². The topological polar surface area (TPSA) is 52.0 Å². The molecule has 2 aromatic rings. The number of aromatic nitrogens is 3.